The Morgan fingerprint density at radius 3 is 2.82 bits per heavy atom. The normalized spacial score (nSPS) is 15.8. The summed E-state index contributed by atoms with van der Waals surface area (Å²) in [7, 11) is 1.60. The first-order chi connectivity index (χ1) is 8.15. The lowest BCUT2D eigenvalue weighted by Gasteiger charge is -2.23. The molecule has 1 atom stereocenters. The molecule has 1 aliphatic heterocycles. The fourth-order valence-electron chi connectivity index (χ4n) is 1.75. The van der Waals surface area contributed by atoms with Gasteiger partial charge in [0.15, 0.2) is 23.1 Å². The summed E-state index contributed by atoms with van der Waals surface area (Å²) in [5.74, 6) is -1.95. The van der Waals surface area contributed by atoms with Crippen LogP contribution in [0.4, 0.5) is 8.78 Å². The SMILES string of the molecule is CNCC(O)c1c(F)c(F)cc2c1OCCO2. The lowest BCUT2D eigenvalue weighted by molar-refractivity contribution is 0.140. The van der Waals surface area contributed by atoms with E-state index in [4.69, 9.17) is 9.47 Å². The summed E-state index contributed by atoms with van der Waals surface area (Å²) in [6.45, 7) is 0.618. The summed E-state index contributed by atoms with van der Waals surface area (Å²) in [5.41, 5.74) is -0.200. The van der Waals surface area contributed by atoms with Crippen LogP contribution in [0.25, 0.3) is 0 Å². The Labute approximate surface area is 97.2 Å². The first-order valence-electron chi connectivity index (χ1n) is 5.25. The van der Waals surface area contributed by atoms with Gasteiger partial charge in [-0.3, -0.25) is 0 Å². The number of nitrogens with one attached hydrogen (secondary N) is 1. The number of ether oxygens (including phenoxy) is 2. The highest BCUT2D eigenvalue weighted by Gasteiger charge is 2.27. The van der Waals surface area contributed by atoms with E-state index in [-0.39, 0.29) is 36.8 Å². The van der Waals surface area contributed by atoms with E-state index in [1.54, 1.807) is 7.05 Å². The average Bonchev–Trinajstić information content (AvgIpc) is 2.31. The maximum Gasteiger partial charge on any atom is 0.170 e. The predicted molar refractivity (Wildman–Crippen MR) is 56.2 cm³/mol. The van der Waals surface area contributed by atoms with E-state index in [0.29, 0.717) is 0 Å². The minimum Gasteiger partial charge on any atom is -0.486 e. The van der Waals surface area contributed by atoms with Crippen molar-refractivity contribution in [2.45, 2.75) is 6.10 Å². The maximum absolute atomic E-state index is 13.7. The molecule has 1 unspecified atom stereocenters. The molecule has 0 amide bonds. The number of aliphatic hydroxyl groups excluding tert-OH is 1. The van der Waals surface area contributed by atoms with Gasteiger partial charge in [-0.15, -0.1) is 0 Å². The van der Waals surface area contributed by atoms with Crippen LogP contribution in [-0.4, -0.2) is 31.9 Å². The molecule has 1 aliphatic rings. The second-order valence-corrected chi connectivity index (χ2v) is 3.68. The minimum atomic E-state index is -1.19. The van der Waals surface area contributed by atoms with Crippen molar-refractivity contribution in [3.63, 3.8) is 0 Å². The van der Waals surface area contributed by atoms with Crippen LogP contribution in [0.15, 0.2) is 6.07 Å². The molecule has 1 heterocycles. The van der Waals surface area contributed by atoms with E-state index in [9.17, 15) is 13.9 Å². The highest BCUT2D eigenvalue weighted by atomic mass is 19.2. The molecule has 4 nitrogen and oxygen atoms in total. The number of hydrogen-bond acceptors (Lipinski definition) is 4. The Morgan fingerprint density at radius 1 is 1.41 bits per heavy atom. The second-order valence-electron chi connectivity index (χ2n) is 3.68. The van der Waals surface area contributed by atoms with Crippen molar-refractivity contribution in [2.75, 3.05) is 26.8 Å². The van der Waals surface area contributed by atoms with Gasteiger partial charge in [0.05, 0.1) is 11.7 Å². The van der Waals surface area contributed by atoms with Gasteiger partial charge in [-0.05, 0) is 7.05 Å². The van der Waals surface area contributed by atoms with E-state index >= 15 is 0 Å². The molecule has 2 rings (SSSR count). The Balaban J connectivity index is 2.50. The molecule has 0 fully saturated rings. The molecular weight excluding hydrogens is 232 g/mol. The average molecular weight is 245 g/mol. The first-order valence-corrected chi connectivity index (χ1v) is 5.25. The van der Waals surface area contributed by atoms with Gasteiger partial charge >= 0.3 is 0 Å². The third kappa shape index (κ3) is 2.18. The van der Waals surface area contributed by atoms with Crippen LogP contribution in [0.5, 0.6) is 11.5 Å². The Bertz CT molecular complexity index is 426. The summed E-state index contributed by atoms with van der Waals surface area (Å²) in [6.07, 6.45) is -1.19. The van der Waals surface area contributed by atoms with Crippen molar-refractivity contribution in [3.05, 3.63) is 23.3 Å². The van der Waals surface area contributed by atoms with E-state index in [2.05, 4.69) is 5.32 Å². The second kappa shape index (κ2) is 4.85. The predicted octanol–water partition coefficient (Wildman–Crippen LogP) is 0.989. The molecule has 0 bridgehead atoms. The van der Waals surface area contributed by atoms with Crippen LogP contribution < -0.4 is 14.8 Å². The maximum atomic E-state index is 13.7. The standard InChI is InChI=1S/C11H13F2NO3/c1-14-5-7(15)9-10(13)6(12)4-8-11(9)17-3-2-16-8/h4,7,14-15H,2-3,5H2,1H3. The van der Waals surface area contributed by atoms with Crippen molar-refractivity contribution in [2.24, 2.45) is 0 Å². The van der Waals surface area contributed by atoms with Crippen LogP contribution in [0, 0.1) is 11.6 Å². The number of likely N-dealkylation sites (N-methyl/N-ethyl adjacent to an activating group) is 1. The molecule has 0 radical (unpaired) electrons. The quantitative estimate of drug-likeness (QED) is 0.833. The molecule has 1 aromatic carbocycles. The summed E-state index contributed by atoms with van der Waals surface area (Å²) < 4.78 is 37.4. The summed E-state index contributed by atoms with van der Waals surface area (Å²) >= 11 is 0. The van der Waals surface area contributed by atoms with Crippen molar-refractivity contribution < 1.29 is 23.4 Å². The molecule has 1 aromatic rings. The largest absolute Gasteiger partial charge is 0.486 e. The smallest absolute Gasteiger partial charge is 0.170 e. The van der Waals surface area contributed by atoms with Crippen molar-refractivity contribution in [3.8, 4) is 11.5 Å². The third-order valence-electron chi connectivity index (χ3n) is 2.49. The summed E-state index contributed by atoms with van der Waals surface area (Å²) in [5, 5.41) is 12.5. The summed E-state index contributed by atoms with van der Waals surface area (Å²) in [6, 6.07) is 0.930. The molecule has 0 saturated carbocycles. The van der Waals surface area contributed by atoms with Crippen LogP contribution in [0.1, 0.15) is 11.7 Å². The highest BCUT2D eigenvalue weighted by molar-refractivity contribution is 5.50. The Kier molecular flexibility index (Phi) is 3.44. The zero-order valence-corrected chi connectivity index (χ0v) is 9.30. The van der Waals surface area contributed by atoms with Gasteiger partial charge in [-0.25, -0.2) is 8.78 Å². The van der Waals surface area contributed by atoms with Gasteiger partial charge in [0, 0.05) is 12.6 Å². The zero-order valence-electron chi connectivity index (χ0n) is 9.30. The molecule has 94 valence electrons. The topological polar surface area (TPSA) is 50.7 Å². The lowest BCUT2D eigenvalue weighted by Crippen LogP contribution is -2.22. The molecule has 0 aromatic heterocycles. The molecular formula is C11H13F2NO3. The number of hydrogen-bond donors (Lipinski definition) is 2. The lowest BCUT2D eigenvalue weighted by atomic mass is 10.1. The van der Waals surface area contributed by atoms with Crippen LogP contribution in [0.2, 0.25) is 0 Å². The molecule has 6 heteroatoms. The van der Waals surface area contributed by atoms with Crippen LogP contribution in [0.3, 0.4) is 0 Å². The molecule has 0 aliphatic carbocycles. The van der Waals surface area contributed by atoms with E-state index in [0.717, 1.165) is 6.07 Å². The number of halogens is 2. The molecule has 0 saturated heterocycles. The monoisotopic (exact) mass is 245 g/mol. The number of benzene rings is 1. The number of fused-ring (bicyclic) bond motifs is 1. The number of aliphatic hydroxyl groups is 1. The summed E-state index contributed by atoms with van der Waals surface area (Å²) in [4.78, 5) is 0. The van der Waals surface area contributed by atoms with Crippen LogP contribution in [-0.2, 0) is 0 Å². The van der Waals surface area contributed by atoms with Gasteiger partial charge in [-0.1, -0.05) is 0 Å². The van der Waals surface area contributed by atoms with Gasteiger partial charge in [0.2, 0.25) is 0 Å². The Morgan fingerprint density at radius 2 is 2.12 bits per heavy atom. The zero-order chi connectivity index (χ0) is 12.4. The molecule has 0 spiro atoms. The van der Waals surface area contributed by atoms with E-state index in [1.165, 1.54) is 0 Å². The minimum absolute atomic E-state index is 0.0814. The van der Waals surface area contributed by atoms with Gasteiger partial charge < -0.3 is 19.9 Å². The molecule has 2 N–H and O–H groups in total. The number of rotatable bonds is 3. The fourth-order valence-corrected chi connectivity index (χ4v) is 1.75. The van der Waals surface area contributed by atoms with E-state index in [1.807, 2.05) is 0 Å². The van der Waals surface area contributed by atoms with E-state index < -0.39 is 17.7 Å². The van der Waals surface area contributed by atoms with Gasteiger partial charge in [0.1, 0.15) is 13.2 Å². The van der Waals surface area contributed by atoms with Crippen molar-refractivity contribution >= 4 is 0 Å². The van der Waals surface area contributed by atoms with Crippen molar-refractivity contribution in [1.82, 2.24) is 5.32 Å². The van der Waals surface area contributed by atoms with Crippen molar-refractivity contribution in [1.29, 1.82) is 0 Å². The van der Waals surface area contributed by atoms with Crippen LogP contribution >= 0.6 is 0 Å². The molecule has 17 heavy (non-hydrogen) atoms. The van der Waals surface area contributed by atoms with Gasteiger partial charge in [-0.2, -0.15) is 0 Å². The third-order valence-corrected chi connectivity index (χ3v) is 2.49. The fraction of sp³-hybridized carbons (Fsp3) is 0.455. The highest BCUT2D eigenvalue weighted by Crippen LogP contribution is 2.39. The Hall–Kier alpha value is -1.40. The first kappa shape index (κ1) is 12.1. The van der Waals surface area contributed by atoms with Gasteiger partial charge in [0.25, 0.3) is 0 Å².